The first-order valence-corrected chi connectivity index (χ1v) is 10.7. The number of nitrogens with zero attached hydrogens (tertiary/aromatic N) is 5. The number of carbonyl (C=O) groups excluding carboxylic acids is 1. The molecular weight excluding hydrogens is 390 g/mol. The van der Waals surface area contributed by atoms with Crippen LogP contribution >= 0.6 is 0 Å². The second kappa shape index (κ2) is 10.3. The van der Waals surface area contributed by atoms with Gasteiger partial charge in [0.25, 0.3) is 0 Å². The summed E-state index contributed by atoms with van der Waals surface area (Å²) in [6, 6.07) is 14.2. The zero-order chi connectivity index (χ0) is 21.5. The second-order valence-corrected chi connectivity index (χ2v) is 8.06. The van der Waals surface area contributed by atoms with Crippen molar-refractivity contribution in [3.8, 4) is 0 Å². The molecule has 7 heteroatoms. The van der Waals surface area contributed by atoms with Gasteiger partial charge in [-0.15, -0.1) is 0 Å². The number of aromatic nitrogens is 3. The lowest BCUT2D eigenvalue weighted by Gasteiger charge is -2.25. The van der Waals surface area contributed by atoms with Crippen LogP contribution in [0.1, 0.15) is 16.7 Å². The van der Waals surface area contributed by atoms with E-state index in [1.54, 1.807) is 17.1 Å². The summed E-state index contributed by atoms with van der Waals surface area (Å²) in [5.41, 5.74) is 3.42. The van der Waals surface area contributed by atoms with Crippen LogP contribution in [0, 0.1) is 0 Å². The summed E-state index contributed by atoms with van der Waals surface area (Å²) >= 11 is 0. The van der Waals surface area contributed by atoms with Crippen molar-refractivity contribution in [1.82, 2.24) is 24.6 Å². The number of rotatable bonds is 8. The smallest absolute Gasteiger partial charge is 0.236 e. The molecule has 2 aromatic heterocycles. The Labute approximate surface area is 183 Å². The van der Waals surface area contributed by atoms with E-state index in [1.807, 2.05) is 54.7 Å². The Bertz CT molecular complexity index is 960. The van der Waals surface area contributed by atoms with E-state index in [9.17, 15) is 4.79 Å². The second-order valence-electron chi connectivity index (χ2n) is 8.06. The minimum Gasteiger partial charge on any atom is -0.370 e. The van der Waals surface area contributed by atoms with Crippen LogP contribution in [0.5, 0.6) is 0 Å². The highest BCUT2D eigenvalue weighted by atomic mass is 16.5. The molecule has 1 aliphatic rings. The molecule has 31 heavy (non-hydrogen) atoms. The first-order valence-electron chi connectivity index (χ1n) is 10.7. The van der Waals surface area contributed by atoms with E-state index in [-0.39, 0.29) is 12.0 Å². The van der Waals surface area contributed by atoms with Crippen LogP contribution in [0.2, 0.25) is 0 Å². The van der Waals surface area contributed by atoms with E-state index in [4.69, 9.17) is 4.74 Å². The Morgan fingerprint density at radius 2 is 1.84 bits per heavy atom. The molecule has 1 fully saturated rings. The lowest BCUT2D eigenvalue weighted by Crippen LogP contribution is -2.39. The average molecular weight is 420 g/mol. The van der Waals surface area contributed by atoms with E-state index in [2.05, 4.69) is 27.1 Å². The third-order valence-electron chi connectivity index (χ3n) is 5.51. The SMILES string of the molecule is Cn1cc(CN2CC(=O)N(CCc3ccccc3)CC(OCc3ccncc3)C2)cn1. The van der Waals surface area contributed by atoms with Crippen molar-refractivity contribution in [1.29, 1.82) is 0 Å². The lowest BCUT2D eigenvalue weighted by molar-refractivity contribution is -0.131. The van der Waals surface area contributed by atoms with Gasteiger partial charge in [0, 0.05) is 57.4 Å². The van der Waals surface area contributed by atoms with Crippen LogP contribution in [0.15, 0.2) is 67.3 Å². The van der Waals surface area contributed by atoms with E-state index in [0.29, 0.717) is 39.3 Å². The molecule has 4 rings (SSSR count). The normalized spacial score (nSPS) is 17.6. The molecule has 0 bridgehead atoms. The maximum atomic E-state index is 13.1. The van der Waals surface area contributed by atoms with Crippen molar-refractivity contribution in [3.63, 3.8) is 0 Å². The molecule has 0 aliphatic carbocycles. The largest absolute Gasteiger partial charge is 0.370 e. The van der Waals surface area contributed by atoms with Gasteiger partial charge in [0.2, 0.25) is 5.91 Å². The van der Waals surface area contributed by atoms with Gasteiger partial charge in [0.15, 0.2) is 0 Å². The Morgan fingerprint density at radius 1 is 1.03 bits per heavy atom. The zero-order valence-electron chi connectivity index (χ0n) is 17.9. The van der Waals surface area contributed by atoms with Crippen molar-refractivity contribution in [2.75, 3.05) is 26.2 Å². The molecule has 0 spiro atoms. The van der Waals surface area contributed by atoms with Crippen molar-refractivity contribution < 1.29 is 9.53 Å². The number of pyridine rings is 1. The van der Waals surface area contributed by atoms with Crippen LogP contribution in [-0.4, -0.2) is 62.8 Å². The maximum absolute atomic E-state index is 13.1. The molecule has 1 atom stereocenters. The Morgan fingerprint density at radius 3 is 2.58 bits per heavy atom. The first kappa shape index (κ1) is 21.2. The number of hydrogen-bond acceptors (Lipinski definition) is 5. The van der Waals surface area contributed by atoms with E-state index in [0.717, 1.165) is 17.5 Å². The molecule has 162 valence electrons. The molecule has 3 heterocycles. The molecule has 1 saturated heterocycles. The van der Waals surface area contributed by atoms with Crippen molar-refractivity contribution in [2.24, 2.45) is 7.05 Å². The molecule has 0 N–H and O–H groups in total. The Balaban J connectivity index is 1.44. The van der Waals surface area contributed by atoms with Crippen LogP contribution in [-0.2, 0) is 36.2 Å². The van der Waals surface area contributed by atoms with E-state index < -0.39 is 0 Å². The summed E-state index contributed by atoms with van der Waals surface area (Å²) in [5.74, 6) is 0.148. The standard InChI is InChI=1S/C24H29N5O2/c1-27-14-22(13-26-27)15-28-16-23(31-19-21-7-10-25-11-8-21)17-29(24(30)18-28)12-9-20-5-3-2-4-6-20/h2-8,10-11,13-14,23H,9,12,15-19H2,1H3. The number of carbonyl (C=O) groups is 1. The summed E-state index contributed by atoms with van der Waals surface area (Å²) in [6.07, 6.45) is 8.18. The summed E-state index contributed by atoms with van der Waals surface area (Å²) in [5, 5.41) is 4.26. The fraction of sp³-hybridized carbons (Fsp3) is 0.375. The van der Waals surface area contributed by atoms with Gasteiger partial charge in [-0.1, -0.05) is 30.3 Å². The molecule has 1 unspecified atom stereocenters. The van der Waals surface area contributed by atoms with Crippen molar-refractivity contribution in [2.45, 2.75) is 25.7 Å². The third kappa shape index (κ3) is 6.23. The van der Waals surface area contributed by atoms with Crippen LogP contribution in [0.4, 0.5) is 0 Å². The predicted molar refractivity (Wildman–Crippen MR) is 118 cm³/mol. The molecule has 0 saturated carbocycles. The van der Waals surface area contributed by atoms with E-state index in [1.165, 1.54) is 5.56 Å². The first-order chi connectivity index (χ1) is 15.2. The fourth-order valence-corrected chi connectivity index (χ4v) is 3.90. The molecule has 1 aromatic carbocycles. The lowest BCUT2D eigenvalue weighted by atomic mass is 10.1. The molecule has 1 amide bonds. The average Bonchev–Trinajstić information content (AvgIpc) is 3.13. The predicted octanol–water partition coefficient (Wildman–Crippen LogP) is 2.29. The molecule has 7 nitrogen and oxygen atoms in total. The quantitative estimate of drug-likeness (QED) is 0.561. The van der Waals surface area contributed by atoms with Gasteiger partial charge < -0.3 is 9.64 Å². The highest BCUT2D eigenvalue weighted by Gasteiger charge is 2.28. The Hall–Kier alpha value is -3.03. The van der Waals surface area contributed by atoms with Gasteiger partial charge >= 0.3 is 0 Å². The topological polar surface area (TPSA) is 63.5 Å². The third-order valence-corrected chi connectivity index (χ3v) is 5.51. The minimum atomic E-state index is -0.0629. The summed E-state index contributed by atoms with van der Waals surface area (Å²) in [6.45, 7) is 3.57. The van der Waals surface area contributed by atoms with Gasteiger partial charge in [0.1, 0.15) is 0 Å². The number of hydrogen-bond donors (Lipinski definition) is 0. The van der Waals surface area contributed by atoms with Crippen LogP contribution in [0.25, 0.3) is 0 Å². The number of ether oxygens (including phenoxy) is 1. The Kier molecular flexibility index (Phi) is 7.07. The highest BCUT2D eigenvalue weighted by Crippen LogP contribution is 2.14. The number of benzene rings is 1. The van der Waals surface area contributed by atoms with Crippen molar-refractivity contribution >= 4 is 5.91 Å². The highest BCUT2D eigenvalue weighted by molar-refractivity contribution is 5.78. The van der Waals surface area contributed by atoms with Crippen LogP contribution < -0.4 is 0 Å². The zero-order valence-corrected chi connectivity index (χ0v) is 17.9. The molecular formula is C24H29N5O2. The molecule has 3 aromatic rings. The fourth-order valence-electron chi connectivity index (χ4n) is 3.90. The minimum absolute atomic E-state index is 0.0629. The summed E-state index contributed by atoms with van der Waals surface area (Å²) < 4.78 is 8.06. The molecule has 0 radical (unpaired) electrons. The number of aryl methyl sites for hydroxylation is 1. The van der Waals surface area contributed by atoms with Crippen molar-refractivity contribution in [3.05, 3.63) is 83.9 Å². The number of amides is 1. The summed E-state index contributed by atoms with van der Waals surface area (Å²) in [4.78, 5) is 21.2. The van der Waals surface area contributed by atoms with Gasteiger partial charge in [-0.3, -0.25) is 19.4 Å². The van der Waals surface area contributed by atoms with Gasteiger partial charge in [0.05, 0.1) is 25.5 Å². The maximum Gasteiger partial charge on any atom is 0.236 e. The van der Waals surface area contributed by atoms with Gasteiger partial charge in [-0.05, 0) is 29.7 Å². The summed E-state index contributed by atoms with van der Waals surface area (Å²) in [7, 11) is 1.91. The van der Waals surface area contributed by atoms with Gasteiger partial charge in [-0.25, -0.2) is 0 Å². The van der Waals surface area contributed by atoms with Gasteiger partial charge in [-0.2, -0.15) is 5.10 Å². The monoisotopic (exact) mass is 419 g/mol. The van der Waals surface area contributed by atoms with E-state index >= 15 is 0 Å². The van der Waals surface area contributed by atoms with Crippen LogP contribution in [0.3, 0.4) is 0 Å². The molecule has 1 aliphatic heterocycles.